The summed E-state index contributed by atoms with van der Waals surface area (Å²) in [6.45, 7) is 4.32. The van der Waals surface area contributed by atoms with Crippen LogP contribution in [0.3, 0.4) is 0 Å². The number of hydrogen-bond donors (Lipinski definition) is 3. The van der Waals surface area contributed by atoms with Gasteiger partial charge in [-0.2, -0.15) is 0 Å². The molecule has 2 amide bonds. The van der Waals surface area contributed by atoms with Gasteiger partial charge in [0.2, 0.25) is 0 Å². The summed E-state index contributed by atoms with van der Waals surface area (Å²) in [7, 11) is 0. The van der Waals surface area contributed by atoms with Crippen molar-refractivity contribution in [2.24, 2.45) is 0 Å². The number of nitrogens with zero attached hydrogens (tertiary/aromatic N) is 1. The van der Waals surface area contributed by atoms with Crippen molar-refractivity contribution < 1.29 is 19.8 Å². The highest BCUT2D eigenvalue weighted by atomic mass is 16.4. The average Bonchev–Trinajstić information content (AvgIpc) is 2.38. The molecule has 0 aromatic carbocycles. The molecule has 6 heteroatoms. The van der Waals surface area contributed by atoms with Gasteiger partial charge in [0, 0.05) is 19.1 Å². The van der Waals surface area contributed by atoms with E-state index >= 15 is 0 Å². The van der Waals surface area contributed by atoms with Crippen molar-refractivity contribution in [2.45, 2.75) is 51.2 Å². The Morgan fingerprint density at radius 2 is 2.00 bits per heavy atom. The molecular weight excluding hydrogens is 236 g/mol. The lowest BCUT2D eigenvalue weighted by molar-refractivity contribution is -0.141. The van der Waals surface area contributed by atoms with Gasteiger partial charge in [0.1, 0.15) is 5.60 Å². The summed E-state index contributed by atoms with van der Waals surface area (Å²) in [6, 6.07) is -0.202. The zero-order valence-electron chi connectivity index (χ0n) is 11.0. The predicted octanol–water partition coefficient (Wildman–Crippen LogP) is 0.796. The van der Waals surface area contributed by atoms with Crippen molar-refractivity contribution in [3.05, 3.63) is 0 Å². The molecule has 0 spiro atoms. The fourth-order valence-corrected chi connectivity index (χ4v) is 2.16. The summed E-state index contributed by atoms with van der Waals surface area (Å²) >= 11 is 0. The van der Waals surface area contributed by atoms with E-state index in [1.165, 1.54) is 4.90 Å². The van der Waals surface area contributed by atoms with Gasteiger partial charge in [-0.3, -0.25) is 4.79 Å². The van der Waals surface area contributed by atoms with Crippen LogP contribution in [0.15, 0.2) is 0 Å². The molecule has 1 atom stereocenters. The van der Waals surface area contributed by atoms with Gasteiger partial charge in [0.25, 0.3) is 5.91 Å². The minimum atomic E-state index is -1.34. The summed E-state index contributed by atoms with van der Waals surface area (Å²) in [4.78, 5) is 24.1. The fourth-order valence-electron chi connectivity index (χ4n) is 2.16. The number of carbonyl (C=O) groups excluding carboxylic acids is 1. The molecule has 0 aromatic rings. The van der Waals surface area contributed by atoms with Gasteiger partial charge >= 0.3 is 6.09 Å². The van der Waals surface area contributed by atoms with Crippen molar-refractivity contribution >= 4 is 12.0 Å². The highest BCUT2D eigenvalue weighted by molar-refractivity contribution is 5.85. The van der Waals surface area contributed by atoms with Crippen molar-refractivity contribution in [1.29, 1.82) is 0 Å². The van der Waals surface area contributed by atoms with E-state index in [0.29, 0.717) is 25.9 Å². The topological polar surface area (TPSA) is 89.9 Å². The third-order valence-electron chi connectivity index (χ3n) is 3.62. The molecule has 1 unspecified atom stereocenters. The van der Waals surface area contributed by atoms with Crippen LogP contribution in [0.4, 0.5) is 4.79 Å². The van der Waals surface area contributed by atoms with E-state index in [1.807, 2.05) is 0 Å². The summed E-state index contributed by atoms with van der Waals surface area (Å²) in [6.07, 6.45) is 1.22. The number of carboxylic acid groups (broad SMARTS) is 1. The van der Waals surface area contributed by atoms with Gasteiger partial charge in [-0.05, 0) is 25.7 Å². The second-order valence-electron chi connectivity index (χ2n) is 4.78. The predicted molar refractivity (Wildman–Crippen MR) is 66.3 cm³/mol. The van der Waals surface area contributed by atoms with Gasteiger partial charge in [0.05, 0.1) is 0 Å². The second kappa shape index (κ2) is 6.04. The largest absolute Gasteiger partial charge is 0.465 e. The van der Waals surface area contributed by atoms with Gasteiger partial charge in [0.15, 0.2) is 0 Å². The number of nitrogens with one attached hydrogen (secondary N) is 1. The van der Waals surface area contributed by atoms with Gasteiger partial charge in [-0.25, -0.2) is 4.79 Å². The molecule has 1 aliphatic heterocycles. The Kier molecular flexibility index (Phi) is 4.95. The zero-order chi connectivity index (χ0) is 13.8. The first kappa shape index (κ1) is 14.8. The molecule has 0 aromatic heterocycles. The third kappa shape index (κ3) is 3.35. The van der Waals surface area contributed by atoms with Crippen molar-refractivity contribution in [1.82, 2.24) is 10.2 Å². The molecule has 0 bridgehead atoms. The second-order valence-corrected chi connectivity index (χ2v) is 4.78. The Morgan fingerprint density at radius 1 is 1.39 bits per heavy atom. The summed E-state index contributed by atoms with van der Waals surface area (Å²) in [5.41, 5.74) is -1.34. The molecule has 1 fully saturated rings. The van der Waals surface area contributed by atoms with Crippen LogP contribution >= 0.6 is 0 Å². The maximum Gasteiger partial charge on any atom is 0.407 e. The van der Waals surface area contributed by atoms with Crippen LogP contribution in [-0.2, 0) is 4.79 Å². The van der Waals surface area contributed by atoms with Crippen LogP contribution in [0.5, 0.6) is 0 Å². The number of likely N-dealkylation sites (tertiary alicyclic amines) is 1. The summed E-state index contributed by atoms with van der Waals surface area (Å²) in [5.74, 6) is -0.398. The van der Waals surface area contributed by atoms with Crippen LogP contribution in [0.2, 0.25) is 0 Å². The Balaban J connectivity index is 2.57. The van der Waals surface area contributed by atoms with E-state index in [9.17, 15) is 14.7 Å². The first-order chi connectivity index (χ1) is 8.42. The molecule has 0 radical (unpaired) electrons. The molecule has 104 valence electrons. The highest BCUT2D eigenvalue weighted by Crippen LogP contribution is 2.17. The Bertz CT molecular complexity index is 315. The number of hydrogen-bond acceptors (Lipinski definition) is 3. The Morgan fingerprint density at radius 3 is 2.50 bits per heavy atom. The quantitative estimate of drug-likeness (QED) is 0.695. The zero-order valence-corrected chi connectivity index (χ0v) is 11.0. The minimum Gasteiger partial charge on any atom is -0.465 e. The Labute approximate surface area is 107 Å². The van der Waals surface area contributed by atoms with Crippen LogP contribution in [0, 0.1) is 0 Å². The van der Waals surface area contributed by atoms with E-state index < -0.39 is 17.6 Å². The average molecular weight is 258 g/mol. The fraction of sp³-hybridized carbons (Fsp3) is 0.833. The van der Waals surface area contributed by atoms with Gasteiger partial charge in [-0.1, -0.05) is 13.8 Å². The first-order valence-electron chi connectivity index (χ1n) is 6.44. The molecule has 6 nitrogen and oxygen atoms in total. The molecule has 0 saturated carbocycles. The number of amides is 2. The monoisotopic (exact) mass is 258 g/mol. The molecule has 3 N–H and O–H groups in total. The lowest BCUT2D eigenvalue weighted by Gasteiger charge is -2.33. The van der Waals surface area contributed by atoms with Crippen LogP contribution in [0.25, 0.3) is 0 Å². The lowest BCUT2D eigenvalue weighted by atomic mass is 9.95. The summed E-state index contributed by atoms with van der Waals surface area (Å²) in [5, 5.41) is 21.7. The van der Waals surface area contributed by atoms with Gasteiger partial charge < -0.3 is 20.4 Å². The molecule has 1 heterocycles. The van der Waals surface area contributed by atoms with E-state index in [-0.39, 0.29) is 6.04 Å². The molecular formula is C12H22N2O4. The van der Waals surface area contributed by atoms with Gasteiger partial charge in [-0.15, -0.1) is 0 Å². The van der Waals surface area contributed by atoms with Crippen LogP contribution in [-0.4, -0.2) is 51.8 Å². The number of aliphatic hydroxyl groups is 1. The number of rotatable bonds is 4. The molecule has 1 rings (SSSR count). The van der Waals surface area contributed by atoms with E-state index in [2.05, 4.69) is 5.32 Å². The molecule has 1 saturated heterocycles. The minimum absolute atomic E-state index is 0.202. The molecule has 1 aliphatic rings. The van der Waals surface area contributed by atoms with E-state index in [0.717, 1.165) is 12.8 Å². The first-order valence-corrected chi connectivity index (χ1v) is 6.44. The number of piperidine rings is 1. The maximum atomic E-state index is 11.9. The lowest BCUT2D eigenvalue weighted by Crippen LogP contribution is -2.55. The number of carbonyl (C=O) groups is 2. The van der Waals surface area contributed by atoms with E-state index in [1.54, 1.807) is 13.8 Å². The Hall–Kier alpha value is -1.30. The molecule has 0 aliphatic carbocycles. The maximum absolute atomic E-state index is 11.9. The SMILES string of the molecule is CCC(O)(CC)C(=O)NC1CCCN(C(=O)O)C1. The standard InChI is InChI=1S/C12H22N2O4/c1-3-12(18,4-2)10(15)13-9-6-5-7-14(8-9)11(16)17/h9,18H,3-8H2,1-2H3,(H,13,15)(H,16,17). The van der Waals surface area contributed by atoms with Crippen molar-refractivity contribution in [3.63, 3.8) is 0 Å². The van der Waals surface area contributed by atoms with Crippen LogP contribution < -0.4 is 5.32 Å². The molecule has 18 heavy (non-hydrogen) atoms. The van der Waals surface area contributed by atoms with Crippen LogP contribution in [0.1, 0.15) is 39.5 Å². The van der Waals surface area contributed by atoms with E-state index in [4.69, 9.17) is 5.11 Å². The van der Waals surface area contributed by atoms with Crippen molar-refractivity contribution in [2.75, 3.05) is 13.1 Å². The highest BCUT2D eigenvalue weighted by Gasteiger charge is 2.34. The smallest absolute Gasteiger partial charge is 0.407 e. The normalized spacial score (nSPS) is 20.6. The summed E-state index contributed by atoms with van der Waals surface area (Å²) < 4.78 is 0. The third-order valence-corrected chi connectivity index (χ3v) is 3.62. The van der Waals surface area contributed by atoms with Crippen molar-refractivity contribution in [3.8, 4) is 0 Å².